The lowest BCUT2D eigenvalue weighted by Crippen LogP contribution is -2.35. The number of piperidine rings is 1. The molecule has 0 aliphatic carbocycles. The molecule has 2 aromatic heterocycles. The van der Waals surface area contributed by atoms with Crippen molar-refractivity contribution in [2.75, 3.05) is 30.3 Å². The van der Waals surface area contributed by atoms with Crippen LogP contribution in [0.15, 0.2) is 4.79 Å². The van der Waals surface area contributed by atoms with Gasteiger partial charge >= 0.3 is 0 Å². The van der Waals surface area contributed by atoms with Gasteiger partial charge in [-0.15, -0.1) is 0 Å². The van der Waals surface area contributed by atoms with Gasteiger partial charge in [0, 0.05) is 13.1 Å². The highest BCUT2D eigenvalue weighted by Gasteiger charge is 2.45. The first-order valence-corrected chi connectivity index (χ1v) is 8.66. The number of aliphatic hydroxyl groups is 3. The van der Waals surface area contributed by atoms with Gasteiger partial charge in [-0.2, -0.15) is 4.98 Å². The number of imidazole rings is 1. The fourth-order valence-corrected chi connectivity index (χ4v) is 3.63. The minimum absolute atomic E-state index is 0.0810. The van der Waals surface area contributed by atoms with Gasteiger partial charge in [0.15, 0.2) is 17.4 Å². The van der Waals surface area contributed by atoms with E-state index in [9.17, 15) is 20.1 Å². The van der Waals surface area contributed by atoms with Crippen LogP contribution in [0.2, 0.25) is 0 Å². The van der Waals surface area contributed by atoms with Crippen LogP contribution < -0.4 is 16.2 Å². The lowest BCUT2D eigenvalue weighted by atomic mass is 10.1. The van der Waals surface area contributed by atoms with Gasteiger partial charge in [0.1, 0.15) is 18.3 Å². The topological polar surface area (TPSA) is 163 Å². The van der Waals surface area contributed by atoms with Crippen LogP contribution in [-0.4, -0.2) is 72.8 Å². The molecule has 26 heavy (non-hydrogen) atoms. The molecule has 4 atom stereocenters. The molecule has 2 aromatic rings. The average Bonchev–Trinajstić information content (AvgIpc) is 3.14. The molecule has 0 bridgehead atoms. The summed E-state index contributed by atoms with van der Waals surface area (Å²) in [4.78, 5) is 25.3. The van der Waals surface area contributed by atoms with Crippen molar-refractivity contribution in [1.82, 2.24) is 19.5 Å². The Bertz CT molecular complexity index is 860. The predicted molar refractivity (Wildman–Crippen MR) is 91.6 cm³/mol. The molecule has 4 rings (SSSR count). The molecule has 2 aliphatic heterocycles. The number of nitrogens with zero attached hydrogens (tertiary/aromatic N) is 4. The van der Waals surface area contributed by atoms with E-state index in [1.54, 1.807) is 0 Å². The van der Waals surface area contributed by atoms with Crippen LogP contribution >= 0.6 is 0 Å². The van der Waals surface area contributed by atoms with Crippen molar-refractivity contribution < 1.29 is 20.1 Å². The Morgan fingerprint density at radius 2 is 1.92 bits per heavy atom. The molecule has 11 nitrogen and oxygen atoms in total. The minimum Gasteiger partial charge on any atom is -0.394 e. The van der Waals surface area contributed by atoms with Crippen LogP contribution in [0.3, 0.4) is 0 Å². The first-order valence-electron chi connectivity index (χ1n) is 8.66. The third-order valence-electron chi connectivity index (χ3n) is 4.96. The van der Waals surface area contributed by atoms with E-state index in [4.69, 9.17) is 10.5 Å². The summed E-state index contributed by atoms with van der Waals surface area (Å²) in [5.74, 6) is 0.346. The number of nitrogens with one attached hydrogen (secondary N) is 1. The van der Waals surface area contributed by atoms with E-state index in [2.05, 4.69) is 15.0 Å². The number of aromatic nitrogens is 4. The van der Waals surface area contributed by atoms with Gasteiger partial charge in [0.2, 0.25) is 11.9 Å². The number of ether oxygens (including phenoxy) is 1. The van der Waals surface area contributed by atoms with Crippen molar-refractivity contribution >= 4 is 23.1 Å². The third-order valence-corrected chi connectivity index (χ3v) is 4.96. The monoisotopic (exact) mass is 366 g/mol. The highest BCUT2D eigenvalue weighted by atomic mass is 16.6. The molecule has 142 valence electrons. The summed E-state index contributed by atoms with van der Waals surface area (Å²) >= 11 is 0. The number of hydrogen-bond donors (Lipinski definition) is 5. The second-order valence-corrected chi connectivity index (χ2v) is 6.68. The molecule has 2 aliphatic rings. The second kappa shape index (κ2) is 6.50. The fourth-order valence-electron chi connectivity index (χ4n) is 3.63. The smallest absolute Gasteiger partial charge is 0.280 e. The van der Waals surface area contributed by atoms with Gasteiger partial charge in [-0.25, -0.2) is 4.98 Å². The van der Waals surface area contributed by atoms with Gasteiger partial charge in [-0.3, -0.25) is 14.3 Å². The SMILES string of the molecule is Nc1nc2c(nc(N3CCCCC3)n2[C@@H]2O[C@H](CO)[C@@H](O)[C@@H]2O)c(=O)[nH]1. The van der Waals surface area contributed by atoms with Crippen LogP contribution in [0.5, 0.6) is 0 Å². The van der Waals surface area contributed by atoms with E-state index in [1.807, 2.05) is 4.90 Å². The van der Waals surface area contributed by atoms with Gasteiger partial charge in [-0.05, 0) is 19.3 Å². The average molecular weight is 366 g/mol. The summed E-state index contributed by atoms with van der Waals surface area (Å²) in [6.07, 6.45) is -1.50. The Balaban J connectivity index is 1.89. The molecule has 11 heteroatoms. The first kappa shape index (κ1) is 17.2. The van der Waals surface area contributed by atoms with E-state index < -0.39 is 36.7 Å². The Kier molecular flexibility index (Phi) is 4.31. The molecule has 0 spiro atoms. The zero-order valence-electron chi connectivity index (χ0n) is 14.1. The van der Waals surface area contributed by atoms with E-state index in [0.717, 1.165) is 32.4 Å². The normalized spacial score (nSPS) is 29.6. The van der Waals surface area contributed by atoms with E-state index in [0.29, 0.717) is 5.95 Å². The summed E-state index contributed by atoms with van der Waals surface area (Å²) < 4.78 is 7.15. The molecule has 0 saturated carbocycles. The molecule has 2 fully saturated rings. The number of fused-ring (bicyclic) bond motifs is 1. The van der Waals surface area contributed by atoms with Crippen molar-refractivity contribution in [3.8, 4) is 0 Å². The zero-order chi connectivity index (χ0) is 18.4. The number of anilines is 2. The Morgan fingerprint density at radius 3 is 2.58 bits per heavy atom. The number of nitrogen functional groups attached to an aromatic ring is 1. The highest BCUT2D eigenvalue weighted by Crippen LogP contribution is 2.35. The van der Waals surface area contributed by atoms with Crippen LogP contribution in [0, 0.1) is 0 Å². The molecule has 2 saturated heterocycles. The summed E-state index contributed by atoms with van der Waals surface area (Å²) in [7, 11) is 0. The summed E-state index contributed by atoms with van der Waals surface area (Å²) in [5.41, 5.74) is 5.44. The number of hydrogen-bond acceptors (Lipinski definition) is 9. The van der Waals surface area contributed by atoms with Crippen molar-refractivity contribution in [3.05, 3.63) is 10.4 Å². The molecule has 0 radical (unpaired) electrons. The maximum Gasteiger partial charge on any atom is 0.280 e. The van der Waals surface area contributed by atoms with Gasteiger partial charge in [0.25, 0.3) is 5.56 Å². The Morgan fingerprint density at radius 1 is 1.19 bits per heavy atom. The fraction of sp³-hybridized carbons (Fsp3) is 0.667. The highest BCUT2D eigenvalue weighted by molar-refractivity contribution is 5.75. The largest absolute Gasteiger partial charge is 0.394 e. The van der Waals surface area contributed by atoms with Gasteiger partial charge < -0.3 is 30.7 Å². The molecule has 6 N–H and O–H groups in total. The molecule has 4 heterocycles. The van der Waals surface area contributed by atoms with Crippen LogP contribution in [0.1, 0.15) is 25.5 Å². The number of rotatable bonds is 3. The van der Waals surface area contributed by atoms with E-state index in [1.165, 1.54) is 4.57 Å². The molecular formula is C15H22N6O5. The van der Waals surface area contributed by atoms with Crippen LogP contribution in [0.4, 0.5) is 11.9 Å². The summed E-state index contributed by atoms with van der Waals surface area (Å²) in [6.45, 7) is 1.04. The third kappa shape index (κ3) is 2.63. The second-order valence-electron chi connectivity index (χ2n) is 6.68. The number of H-pyrrole nitrogens is 1. The molecule has 0 amide bonds. The van der Waals surface area contributed by atoms with Gasteiger partial charge in [-0.1, -0.05) is 0 Å². The van der Waals surface area contributed by atoms with Crippen molar-refractivity contribution in [1.29, 1.82) is 0 Å². The molecule has 0 unspecified atom stereocenters. The molecule has 0 aromatic carbocycles. The maximum atomic E-state index is 12.3. The lowest BCUT2D eigenvalue weighted by Gasteiger charge is -2.30. The van der Waals surface area contributed by atoms with Gasteiger partial charge in [0.05, 0.1) is 6.61 Å². The van der Waals surface area contributed by atoms with Crippen molar-refractivity contribution in [2.45, 2.75) is 43.8 Å². The van der Waals surface area contributed by atoms with Crippen LogP contribution in [0.25, 0.3) is 11.2 Å². The minimum atomic E-state index is -1.31. The summed E-state index contributed by atoms with van der Waals surface area (Å²) in [6, 6.07) is 0. The van der Waals surface area contributed by atoms with Crippen LogP contribution in [-0.2, 0) is 4.74 Å². The standard InChI is InChI=1S/C15H22N6O5/c16-14-18-11-8(12(25)19-14)17-15(20-4-2-1-3-5-20)21(11)13-10(24)9(23)7(6-22)26-13/h7,9-10,13,22-24H,1-6H2,(H3,16,18,19,25)/t7-,9-,10+,13-/m1/s1. The predicted octanol–water partition coefficient (Wildman–Crippen LogP) is -1.70. The quantitative estimate of drug-likeness (QED) is 0.426. The van der Waals surface area contributed by atoms with Crippen molar-refractivity contribution in [2.24, 2.45) is 0 Å². The number of aliphatic hydroxyl groups excluding tert-OH is 3. The number of aromatic amines is 1. The maximum absolute atomic E-state index is 12.3. The summed E-state index contributed by atoms with van der Waals surface area (Å²) in [5, 5.41) is 29.9. The van der Waals surface area contributed by atoms with Crippen molar-refractivity contribution in [3.63, 3.8) is 0 Å². The number of nitrogens with two attached hydrogens (primary N) is 1. The Labute approximate surface area is 148 Å². The first-order chi connectivity index (χ1) is 12.5. The van der Waals surface area contributed by atoms with E-state index >= 15 is 0 Å². The lowest BCUT2D eigenvalue weighted by molar-refractivity contribution is -0.0504. The molecular weight excluding hydrogens is 344 g/mol. The Hall–Kier alpha value is -2.21. The zero-order valence-corrected chi connectivity index (χ0v) is 14.1. The van der Waals surface area contributed by atoms with E-state index in [-0.39, 0.29) is 17.1 Å².